The summed E-state index contributed by atoms with van der Waals surface area (Å²) < 4.78 is 0. The second-order valence-corrected chi connectivity index (χ2v) is 6.34. The average Bonchev–Trinajstić information content (AvgIpc) is 2.59. The number of carbonyl (C=O) groups excluding carboxylic acids is 1. The van der Waals surface area contributed by atoms with Crippen LogP contribution in [0.2, 0.25) is 0 Å². The molecule has 136 valence electrons. The van der Waals surface area contributed by atoms with Gasteiger partial charge in [-0.3, -0.25) is 9.79 Å². The van der Waals surface area contributed by atoms with Crippen molar-refractivity contribution in [1.29, 1.82) is 0 Å². The molecular weight excluding hydrogens is 334 g/mol. The molecule has 0 fully saturated rings. The van der Waals surface area contributed by atoms with Crippen molar-refractivity contribution in [2.24, 2.45) is 4.99 Å². The number of aliphatic imine (C=N–C) groups is 1. The lowest BCUT2D eigenvalue weighted by Gasteiger charge is -2.23. The Morgan fingerprint density at radius 1 is 1.28 bits per heavy atom. The van der Waals surface area contributed by atoms with Crippen molar-refractivity contribution in [2.45, 2.75) is 33.2 Å². The van der Waals surface area contributed by atoms with E-state index in [1.54, 1.807) is 24.2 Å². The quantitative estimate of drug-likeness (QED) is 0.402. The Morgan fingerprint density at radius 3 is 2.48 bits per heavy atom. The number of amides is 1. The molecular formula is C20H28ClN3O. The maximum absolute atomic E-state index is 13.1. The highest BCUT2D eigenvalue weighted by molar-refractivity contribution is 6.34. The van der Waals surface area contributed by atoms with Crippen LogP contribution in [-0.2, 0) is 4.79 Å². The molecule has 0 aromatic heterocycles. The number of carbonyl (C=O) groups is 1. The van der Waals surface area contributed by atoms with Crippen LogP contribution in [0.1, 0.15) is 27.2 Å². The van der Waals surface area contributed by atoms with Crippen LogP contribution in [0.15, 0.2) is 52.0 Å². The Hall–Kier alpha value is -2.07. The van der Waals surface area contributed by atoms with Crippen molar-refractivity contribution < 1.29 is 4.79 Å². The van der Waals surface area contributed by atoms with Gasteiger partial charge in [-0.1, -0.05) is 30.7 Å². The van der Waals surface area contributed by atoms with Gasteiger partial charge in [0.1, 0.15) is 0 Å². The number of likely N-dealkylation sites (N-methyl/N-ethyl adjacent to an activating group) is 1. The summed E-state index contributed by atoms with van der Waals surface area (Å²) in [6.45, 7) is 5.73. The summed E-state index contributed by atoms with van der Waals surface area (Å²) in [4.78, 5) is 21.1. The lowest BCUT2D eigenvalue weighted by atomic mass is 10.1. The molecule has 1 amide bonds. The largest absolute Gasteiger partial charge is 0.378 e. The summed E-state index contributed by atoms with van der Waals surface area (Å²) in [6.07, 6.45) is 6.26. The lowest BCUT2D eigenvalue weighted by Crippen LogP contribution is -2.32. The van der Waals surface area contributed by atoms with Crippen LogP contribution in [-0.4, -0.2) is 39.3 Å². The first kappa shape index (κ1) is 21.0. The van der Waals surface area contributed by atoms with Gasteiger partial charge in [-0.25, -0.2) is 0 Å². The van der Waals surface area contributed by atoms with Gasteiger partial charge >= 0.3 is 0 Å². The molecule has 0 spiro atoms. The zero-order valence-electron chi connectivity index (χ0n) is 16.0. The average molecular weight is 362 g/mol. The minimum atomic E-state index is -0.314. The van der Waals surface area contributed by atoms with E-state index in [0.717, 1.165) is 17.8 Å². The van der Waals surface area contributed by atoms with Gasteiger partial charge in [0.05, 0.1) is 16.6 Å². The Morgan fingerprint density at radius 2 is 1.92 bits per heavy atom. The van der Waals surface area contributed by atoms with E-state index in [4.69, 9.17) is 11.6 Å². The number of hydrogen-bond acceptors (Lipinski definition) is 3. The van der Waals surface area contributed by atoms with E-state index < -0.39 is 0 Å². The second-order valence-electron chi connectivity index (χ2n) is 5.93. The van der Waals surface area contributed by atoms with Crippen LogP contribution >= 0.6 is 11.6 Å². The standard InChI is InChI=1S/C20H28ClN3O/c1-7-9-13-18(21)19(15(3)22-8-2)20(25)24(6)17-12-10-11-16(14-17)23(4)5/h8-15H,7H2,1-6H3/b13-9-,19-18-,22-8+. The molecule has 1 aromatic carbocycles. The number of rotatable bonds is 7. The van der Waals surface area contributed by atoms with Crippen LogP contribution < -0.4 is 9.80 Å². The van der Waals surface area contributed by atoms with E-state index >= 15 is 0 Å². The van der Waals surface area contributed by atoms with Gasteiger partial charge in [0.25, 0.3) is 5.91 Å². The Bertz CT molecular complexity index is 677. The van der Waals surface area contributed by atoms with Crippen molar-refractivity contribution >= 4 is 35.1 Å². The molecule has 1 aromatic rings. The molecule has 0 aliphatic rings. The van der Waals surface area contributed by atoms with Crippen LogP contribution in [0.5, 0.6) is 0 Å². The monoisotopic (exact) mass is 361 g/mol. The molecule has 25 heavy (non-hydrogen) atoms. The molecule has 5 heteroatoms. The normalized spacial score (nSPS) is 13.9. The van der Waals surface area contributed by atoms with Crippen LogP contribution in [0.4, 0.5) is 11.4 Å². The molecule has 0 bridgehead atoms. The van der Waals surface area contributed by atoms with Crippen molar-refractivity contribution in [3.8, 4) is 0 Å². The zero-order valence-corrected chi connectivity index (χ0v) is 16.7. The second kappa shape index (κ2) is 10.0. The fourth-order valence-electron chi connectivity index (χ4n) is 2.37. The van der Waals surface area contributed by atoms with Crippen LogP contribution in [0.25, 0.3) is 0 Å². The Labute approximate surface area is 156 Å². The Kier molecular flexibility index (Phi) is 8.42. The summed E-state index contributed by atoms with van der Waals surface area (Å²) in [6, 6.07) is 7.50. The van der Waals surface area contributed by atoms with E-state index in [2.05, 4.69) is 4.99 Å². The lowest BCUT2D eigenvalue weighted by molar-refractivity contribution is -0.115. The van der Waals surface area contributed by atoms with Crippen molar-refractivity contribution in [3.05, 3.63) is 47.0 Å². The highest BCUT2D eigenvalue weighted by Gasteiger charge is 2.24. The zero-order chi connectivity index (χ0) is 19.0. The van der Waals surface area contributed by atoms with E-state index in [9.17, 15) is 4.79 Å². The maximum Gasteiger partial charge on any atom is 0.257 e. The summed E-state index contributed by atoms with van der Waals surface area (Å²) in [5.41, 5.74) is 2.33. The van der Waals surface area contributed by atoms with E-state index in [-0.39, 0.29) is 11.9 Å². The molecule has 0 saturated heterocycles. The molecule has 1 atom stereocenters. The SMILES string of the molecule is C/C=N/C(C)/C(C(=O)N(C)c1cccc(N(C)C)c1)=C(Cl)\C=C/CC. The molecule has 0 N–H and O–H groups in total. The molecule has 1 unspecified atom stereocenters. The van der Waals surface area contributed by atoms with Crippen LogP contribution in [0, 0.1) is 0 Å². The topological polar surface area (TPSA) is 35.9 Å². The third-order valence-corrected chi connectivity index (χ3v) is 4.15. The van der Waals surface area contributed by atoms with E-state index in [0.29, 0.717) is 10.6 Å². The molecule has 0 saturated carbocycles. The van der Waals surface area contributed by atoms with Crippen molar-refractivity contribution in [3.63, 3.8) is 0 Å². The third kappa shape index (κ3) is 5.75. The predicted molar refractivity (Wildman–Crippen MR) is 110 cm³/mol. The predicted octanol–water partition coefficient (Wildman–Crippen LogP) is 4.65. The minimum absolute atomic E-state index is 0.153. The van der Waals surface area contributed by atoms with Gasteiger partial charge in [0.2, 0.25) is 0 Å². The highest BCUT2D eigenvalue weighted by atomic mass is 35.5. The van der Waals surface area contributed by atoms with Gasteiger partial charge in [-0.05, 0) is 50.8 Å². The minimum Gasteiger partial charge on any atom is -0.378 e. The van der Waals surface area contributed by atoms with E-state index in [1.165, 1.54) is 0 Å². The number of nitrogens with zero attached hydrogens (tertiary/aromatic N) is 3. The first-order valence-corrected chi connectivity index (χ1v) is 8.80. The highest BCUT2D eigenvalue weighted by Crippen LogP contribution is 2.25. The first-order valence-electron chi connectivity index (χ1n) is 8.42. The molecule has 0 aliphatic carbocycles. The molecule has 0 aliphatic heterocycles. The van der Waals surface area contributed by atoms with Crippen LogP contribution in [0.3, 0.4) is 0 Å². The van der Waals surface area contributed by atoms with Gasteiger partial charge in [-0.15, -0.1) is 0 Å². The van der Waals surface area contributed by atoms with Gasteiger partial charge in [-0.2, -0.15) is 0 Å². The number of anilines is 2. The fraction of sp³-hybridized carbons (Fsp3) is 0.400. The summed E-state index contributed by atoms with van der Waals surface area (Å²) in [5, 5.41) is 0.431. The maximum atomic E-state index is 13.1. The fourth-order valence-corrected chi connectivity index (χ4v) is 2.70. The molecule has 4 nitrogen and oxygen atoms in total. The molecule has 0 radical (unpaired) electrons. The third-order valence-electron chi connectivity index (χ3n) is 3.82. The van der Waals surface area contributed by atoms with Crippen molar-refractivity contribution in [2.75, 3.05) is 30.9 Å². The summed E-state index contributed by atoms with van der Waals surface area (Å²) in [5.74, 6) is -0.153. The molecule has 1 rings (SSSR count). The number of halogens is 1. The molecule has 0 heterocycles. The first-order chi connectivity index (χ1) is 11.8. The van der Waals surface area contributed by atoms with Gasteiger partial charge < -0.3 is 9.80 Å². The van der Waals surface area contributed by atoms with Gasteiger partial charge in [0.15, 0.2) is 0 Å². The van der Waals surface area contributed by atoms with Crippen molar-refractivity contribution in [1.82, 2.24) is 0 Å². The smallest absolute Gasteiger partial charge is 0.257 e. The number of hydrogen-bond donors (Lipinski definition) is 0. The Balaban J connectivity index is 3.28. The van der Waals surface area contributed by atoms with Gasteiger partial charge in [0, 0.05) is 32.5 Å². The number of allylic oxidation sites excluding steroid dienone is 3. The summed E-state index contributed by atoms with van der Waals surface area (Å²) in [7, 11) is 5.70. The van der Waals surface area contributed by atoms with E-state index in [1.807, 2.05) is 70.1 Å². The summed E-state index contributed by atoms with van der Waals surface area (Å²) >= 11 is 6.43. The number of benzene rings is 1.